The Morgan fingerprint density at radius 2 is 1.10 bits per heavy atom. The van der Waals surface area contributed by atoms with Crippen molar-refractivity contribution in [3.8, 4) is 16.8 Å². The number of benzene rings is 8. The SMILES string of the molecule is C=C/C=C\c1c(C)c2c3c4ccccc4c4ccccc4c3c3c4ccccc4sc3c2n1-c1cccc(-c2cccc3c2sc2ccccc23)c1. The van der Waals surface area contributed by atoms with Crippen LogP contribution in [0.2, 0.25) is 0 Å². The minimum atomic E-state index is 1.15. The summed E-state index contributed by atoms with van der Waals surface area (Å²) in [6, 6.07) is 51.6. The van der Waals surface area contributed by atoms with E-state index in [1.54, 1.807) is 0 Å². The molecule has 3 heteroatoms. The van der Waals surface area contributed by atoms with E-state index in [0.29, 0.717) is 0 Å². The van der Waals surface area contributed by atoms with Crippen molar-refractivity contribution >= 4 is 112 Å². The van der Waals surface area contributed by atoms with Crippen LogP contribution in [-0.2, 0) is 0 Å². The fraction of sp³-hybridized carbons (Fsp3) is 0.0204. The molecule has 8 aromatic carbocycles. The second-order valence-electron chi connectivity index (χ2n) is 13.6. The van der Waals surface area contributed by atoms with Crippen LogP contribution in [0.15, 0.2) is 158 Å². The molecule has 0 radical (unpaired) electrons. The predicted octanol–water partition coefficient (Wildman–Crippen LogP) is 15.0. The molecular weight excluding hydrogens is 667 g/mol. The van der Waals surface area contributed by atoms with E-state index in [-0.39, 0.29) is 0 Å². The minimum absolute atomic E-state index is 1.15. The standard InChI is InChI=1S/C49H31NS2/c1-3-4-25-40-29(2)43-44-36-20-7-5-17-33(36)34-18-6-8-21-37(34)45(44)46-39-22-10-12-27-42(39)52-49(46)47(43)50(40)31-16-13-15-30(28-31)32-23-14-24-38-35-19-9-11-26-41(35)51-48(32)38/h3-28H,1H2,2H3/b25-4-. The van der Waals surface area contributed by atoms with Gasteiger partial charge in [-0.15, -0.1) is 22.7 Å². The van der Waals surface area contributed by atoms with E-state index >= 15 is 0 Å². The molecule has 0 aliphatic carbocycles. The predicted molar refractivity (Wildman–Crippen MR) is 231 cm³/mol. The van der Waals surface area contributed by atoms with Crippen molar-refractivity contribution in [3.05, 3.63) is 170 Å². The molecule has 0 amide bonds. The molecule has 11 aromatic rings. The molecule has 244 valence electrons. The molecule has 0 atom stereocenters. The summed E-state index contributed by atoms with van der Waals surface area (Å²) in [5.41, 5.74) is 7.36. The van der Waals surface area contributed by atoms with E-state index in [4.69, 9.17) is 0 Å². The maximum absolute atomic E-state index is 4.07. The van der Waals surface area contributed by atoms with Gasteiger partial charge in [0.1, 0.15) is 0 Å². The average Bonchev–Trinajstić information content (AvgIpc) is 3.86. The van der Waals surface area contributed by atoms with Crippen LogP contribution in [0.4, 0.5) is 0 Å². The smallest absolute Gasteiger partial charge is 0.0722 e. The minimum Gasteiger partial charge on any atom is -0.308 e. The number of hydrogen-bond donors (Lipinski definition) is 0. The zero-order valence-corrected chi connectivity index (χ0v) is 30.1. The summed E-state index contributed by atoms with van der Waals surface area (Å²) >= 11 is 3.80. The van der Waals surface area contributed by atoms with Gasteiger partial charge < -0.3 is 4.57 Å². The van der Waals surface area contributed by atoms with Crippen LogP contribution in [0, 0.1) is 6.92 Å². The lowest BCUT2D eigenvalue weighted by Crippen LogP contribution is -1.98. The van der Waals surface area contributed by atoms with Crippen LogP contribution >= 0.6 is 22.7 Å². The van der Waals surface area contributed by atoms with E-state index in [1.807, 2.05) is 28.7 Å². The normalized spacial score (nSPS) is 12.3. The van der Waals surface area contributed by atoms with Gasteiger partial charge in [0.15, 0.2) is 0 Å². The Balaban J connectivity index is 1.34. The Hall–Kier alpha value is -6.00. The molecule has 0 fully saturated rings. The monoisotopic (exact) mass is 697 g/mol. The van der Waals surface area contributed by atoms with Gasteiger partial charge in [0, 0.05) is 63.2 Å². The van der Waals surface area contributed by atoms with Gasteiger partial charge in [-0.1, -0.05) is 134 Å². The molecule has 1 nitrogen and oxygen atoms in total. The van der Waals surface area contributed by atoms with Crippen molar-refractivity contribution < 1.29 is 0 Å². The van der Waals surface area contributed by atoms with Crippen molar-refractivity contribution in [2.24, 2.45) is 0 Å². The molecule has 0 spiro atoms. The third kappa shape index (κ3) is 4.03. The third-order valence-corrected chi connectivity index (χ3v) is 13.3. The summed E-state index contributed by atoms with van der Waals surface area (Å²) in [5, 5.41) is 14.5. The number of aromatic nitrogens is 1. The molecule has 0 aliphatic rings. The topological polar surface area (TPSA) is 4.93 Å². The number of allylic oxidation sites excluding steroid dienone is 2. The molecule has 3 aromatic heterocycles. The van der Waals surface area contributed by atoms with E-state index < -0.39 is 0 Å². The molecule has 0 aliphatic heterocycles. The Labute approximate surface area is 308 Å². The van der Waals surface area contributed by atoms with Gasteiger partial charge in [-0.05, 0) is 75.5 Å². The largest absolute Gasteiger partial charge is 0.308 e. The number of nitrogens with zero attached hydrogens (tertiary/aromatic N) is 1. The molecule has 52 heavy (non-hydrogen) atoms. The average molecular weight is 698 g/mol. The van der Waals surface area contributed by atoms with Crippen LogP contribution < -0.4 is 0 Å². The van der Waals surface area contributed by atoms with Crippen LogP contribution in [0.25, 0.3) is 106 Å². The number of thiophene rings is 2. The summed E-state index contributed by atoms with van der Waals surface area (Å²) in [4.78, 5) is 0. The molecule has 0 bridgehead atoms. The van der Waals surface area contributed by atoms with Gasteiger partial charge in [-0.25, -0.2) is 0 Å². The molecular formula is C49H31NS2. The highest BCUT2D eigenvalue weighted by Gasteiger charge is 2.25. The highest BCUT2D eigenvalue weighted by molar-refractivity contribution is 7.27. The van der Waals surface area contributed by atoms with Gasteiger partial charge in [-0.3, -0.25) is 0 Å². The second kappa shape index (κ2) is 11.2. The van der Waals surface area contributed by atoms with Crippen molar-refractivity contribution in [1.82, 2.24) is 4.57 Å². The van der Waals surface area contributed by atoms with Gasteiger partial charge in [-0.2, -0.15) is 0 Å². The fourth-order valence-electron chi connectivity index (χ4n) is 8.76. The van der Waals surface area contributed by atoms with Crippen LogP contribution in [0.3, 0.4) is 0 Å². The second-order valence-corrected chi connectivity index (χ2v) is 15.7. The number of rotatable bonds is 4. The van der Waals surface area contributed by atoms with E-state index in [9.17, 15) is 0 Å². The first-order chi connectivity index (χ1) is 25.7. The van der Waals surface area contributed by atoms with Crippen molar-refractivity contribution in [3.63, 3.8) is 0 Å². The summed E-state index contributed by atoms with van der Waals surface area (Å²) < 4.78 is 7.81. The molecule has 0 saturated carbocycles. The van der Waals surface area contributed by atoms with Crippen LogP contribution in [0.5, 0.6) is 0 Å². The summed E-state index contributed by atoms with van der Waals surface area (Å²) in [6.07, 6.45) is 6.21. The van der Waals surface area contributed by atoms with Crippen molar-refractivity contribution in [2.45, 2.75) is 6.92 Å². The lowest BCUT2D eigenvalue weighted by molar-refractivity contribution is 1.10. The zero-order valence-electron chi connectivity index (χ0n) is 28.5. The number of aryl methyl sites for hydroxylation is 1. The third-order valence-electron chi connectivity index (χ3n) is 10.9. The molecule has 3 heterocycles. The van der Waals surface area contributed by atoms with Crippen molar-refractivity contribution in [2.75, 3.05) is 0 Å². The zero-order chi connectivity index (χ0) is 34.5. The van der Waals surface area contributed by atoms with E-state index in [2.05, 4.69) is 170 Å². The maximum atomic E-state index is 4.07. The Morgan fingerprint density at radius 1 is 0.519 bits per heavy atom. The van der Waals surface area contributed by atoms with Crippen molar-refractivity contribution in [1.29, 1.82) is 0 Å². The van der Waals surface area contributed by atoms with Gasteiger partial charge >= 0.3 is 0 Å². The van der Waals surface area contributed by atoms with Gasteiger partial charge in [0.05, 0.1) is 10.2 Å². The first kappa shape index (κ1) is 29.7. The Bertz CT molecular complexity index is 3330. The molecule has 0 N–H and O–H groups in total. The highest BCUT2D eigenvalue weighted by Crippen LogP contribution is 2.51. The van der Waals surface area contributed by atoms with E-state index in [1.165, 1.54) is 106 Å². The lowest BCUT2D eigenvalue weighted by atomic mass is 9.89. The van der Waals surface area contributed by atoms with E-state index in [0.717, 1.165) is 5.69 Å². The number of fused-ring (bicyclic) bond motifs is 16. The first-order valence-corrected chi connectivity index (χ1v) is 19.4. The quantitative estimate of drug-likeness (QED) is 0.127. The Morgan fingerprint density at radius 3 is 1.83 bits per heavy atom. The van der Waals surface area contributed by atoms with Gasteiger partial charge in [0.2, 0.25) is 0 Å². The summed E-state index contributed by atoms with van der Waals surface area (Å²) in [6.45, 7) is 6.38. The molecule has 0 unspecified atom stereocenters. The molecule has 0 saturated heterocycles. The number of hydrogen-bond acceptors (Lipinski definition) is 2. The summed E-state index contributed by atoms with van der Waals surface area (Å²) in [7, 11) is 0. The highest BCUT2D eigenvalue weighted by atomic mass is 32.1. The van der Waals surface area contributed by atoms with Crippen LogP contribution in [0.1, 0.15) is 11.3 Å². The first-order valence-electron chi connectivity index (χ1n) is 17.7. The summed E-state index contributed by atoms with van der Waals surface area (Å²) in [5.74, 6) is 0. The van der Waals surface area contributed by atoms with Crippen LogP contribution in [-0.4, -0.2) is 4.57 Å². The fourth-order valence-corrected chi connectivity index (χ4v) is 11.3. The lowest BCUT2D eigenvalue weighted by Gasteiger charge is -2.15. The molecule has 11 rings (SSSR count). The Kier molecular flexibility index (Phi) is 6.43. The van der Waals surface area contributed by atoms with Gasteiger partial charge in [0.25, 0.3) is 0 Å². The maximum Gasteiger partial charge on any atom is 0.0722 e.